The van der Waals surface area contributed by atoms with Gasteiger partial charge in [0.1, 0.15) is 0 Å². The van der Waals surface area contributed by atoms with Gasteiger partial charge < -0.3 is 10.0 Å². The lowest BCUT2D eigenvalue weighted by Gasteiger charge is -2.33. The Labute approximate surface area is 107 Å². The van der Waals surface area contributed by atoms with Crippen molar-refractivity contribution in [1.82, 2.24) is 9.80 Å². The summed E-state index contributed by atoms with van der Waals surface area (Å²) in [6.45, 7) is 1.86. The highest BCUT2D eigenvalue weighted by Crippen LogP contribution is 2.36. The summed E-state index contributed by atoms with van der Waals surface area (Å²) in [4.78, 5) is 27.2. The number of aliphatic carboxylic acids is 1. The third-order valence-corrected chi connectivity index (χ3v) is 4.71. The SMILES string of the molecule is O=C(O)CC1CCCN1C1CC(=O)N2CCCC12. The molecular weight excluding hydrogens is 232 g/mol. The summed E-state index contributed by atoms with van der Waals surface area (Å²) in [7, 11) is 0. The molecule has 0 aromatic heterocycles. The van der Waals surface area contributed by atoms with Crippen LogP contribution in [0.15, 0.2) is 0 Å². The van der Waals surface area contributed by atoms with Gasteiger partial charge in [-0.2, -0.15) is 0 Å². The summed E-state index contributed by atoms with van der Waals surface area (Å²) in [5.41, 5.74) is 0. The molecule has 5 heteroatoms. The van der Waals surface area contributed by atoms with Crippen molar-refractivity contribution in [3.63, 3.8) is 0 Å². The minimum absolute atomic E-state index is 0.140. The first-order valence-electron chi connectivity index (χ1n) is 6.94. The van der Waals surface area contributed by atoms with Crippen LogP contribution in [0.5, 0.6) is 0 Å². The fourth-order valence-electron chi connectivity index (χ4n) is 3.99. The van der Waals surface area contributed by atoms with Crippen molar-refractivity contribution in [2.45, 2.75) is 56.7 Å². The van der Waals surface area contributed by atoms with E-state index in [4.69, 9.17) is 5.11 Å². The van der Waals surface area contributed by atoms with Crippen LogP contribution in [0.1, 0.15) is 38.5 Å². The van der Waals surface area contributed by atoms with E-state index in [1.165, 1.54) is 0 Å². The van der Waals surface area contributed by atoms with E-state index in [2.05, 4.69) is 4.90 Å². The topological polar surface area (TPSA) is 60.9 Å². The van der Waals surface area contributed by atoms with Crippen molar-refractivity contribution in [2.75, 3.05) is 13.1 Å². The Kier molecular flexibility index (Phi) is 3.01. The maximum Gasteiger partial charge on any atom is 0.304 e. The molecule has 0 spiro atoms. The zero-order valence-electron chi connectivity index (χ0n) is 10.5. The van der Waals surface area contributed by atoms with Crippen LogP contribution in [-0.2, 0) is 9.59 Å². The minimum atomic E-state index is -0.723. The van der Waals surface area contributed by atoms with Crippen LogP contribution in [0.25, 0.3) is 0 Å². The molecule has 3 aliphatic rings. The Morgan fingerprint density at radius 1 is 1.22 bits per heavy atom. The summed E-state index contributed by atoms with van der Waals surface area (Å²) in [5.74, 6) is -0.456. The minimum Gasteiger partial charge on any atom is -0.481 e. The average Bonchev–Trinajstić information content (AvgIpc) is 2.96. The molecule has 0 aromatic rings. The van der Waals surface area contributed by atoms with E-state index in [0.29, 0.717) is 12.5 Å². The van der Waals surface area contributed by atoms with E-state index >= 15 is 0 Å². The smallest absolute Gasteiger partial charge is 0.304 e. The zero-order valence-corrected chi connectivity index (χ0v) is 10.5. The molecule has 3 fully saturated rings. The van der Waals surface area contributed by atoms with Gasteiger partial charge in [-0.3, -0.25) is 14.5 Å². The number of carbonyl (C=O) groups excluding carboxylic acids is 1. The van der Waals surface area contributed by atoms with Crippen molar-refractivity contribution in [3.8, 4) is 0 Å². The normalized spacial score (nSPS) is 36.3. The Morgan fingerprint density at radius 3 is 2.78 bits per heavy atom. The van der Waals surface area contributed by atoms with E-state index < -0.39 is 5.97 Å². The lowest BCUT2D eigenvalue weighted by molar-refractivity contribution is -0.138. The molecule has 5 nitrogen and oxygen atoms in total. The van der Waals surface area contributed by atoms with Gasteiger partial charge in [0, 0.05) is 31.1 Å². The molecule has 1 N–H and O–H groups in total. The van der Waals surface area contributed by atoms with Gasteiger partial charge in [0.25, 0.3) is 0 Å². The number of fused-ring (bicyclic) bond motifs is 1. The number of carbonyl (C=O) groups is 2. The molecule has 3 saturated heterocycles. The summed E-state index contributed by atoms with van der Waals surface area (Å²) in [6.07, 6.45) is 5.04. The van der Waals surface area contributed by atoms with Crippen LogP contribution in [-0.4, -0.2) is 58.0 Å². The fraction of sp³-hybridized carbons (Fsp3) is 0.846. The van der Waals surface area contributed by atoms with Crippen LogP contribution in [0.4, 0.5) is 0 Å². The molecule has 3 unspecified atom stereocenters. The van der Waals surface area contributed by atoms with E-state index in [1.807, 2.05) is 4.90 Å². The highest BCUT2D eigenvalue weighted by atomic mass is 16.4. The van der Waals surface area contributed by atoms with E-state index in [-0.39, 0.29) is 24.4 Å². The largest absolute Gasteiger partial charge is 0.481 e. The number of likely N-dealkylation sites (tertiary alicyclic amines) is 1. The second kappa shape index (κ2) is 4.53. The second-order valence-electron chi connectivity index (χ2n) is 5.70. The number of carboxylic acid groups (broad SMARTS) is 1. The lowest BCUT2D eigenvalue weighted by atomic mass is 10.0. The van der Waals surface area contributed by atoms with Crippen molar-refractivity contribution < 1.29 is 14.7 Å². The van der Waals surface area contributed by atoms with Crippen LogP contribution in [0.3, 0.4) is 0 Å². The van der Waals surface area contributed by atoms with Crippen molar-refractivity contribution in [1.29, 1.82) is 0 Å². The Morgan fingerprint density at radius 2 is 2.00 bits per heavy atom. The summed E-state index contributed by atoms with van der Waals surface area (Å²) < 4.78 is 0. The summed E-state index contributed by atoms with van der Waals surface area (Å²) in [5, 5.41) is 8.97. The quantitative estimate of drug-likeness (QED) is 0.802. The van der Waals surface area contributed by atoms with Gasteiger partial charge in [-0.25, -0.2) is 0 Å². The third kappa shape index (κ3) is 1.90. The highest BCUT2D eigenvalue weighted by Gasteiger charge is 2.47. The number of hydrogen-bond donors (Lipinski definition) is 1. The third-order valence-electron chi connectivity index (χ3n) is 4.71. The maximum absolute atomic E-state index is 11.9. The highest BCUT2D eigenvalue weighted by molar-refractivity contribution is 5.80. The Balaban J connectivity index is 1.73. The molecule has 3 aliphatic heterocycles. The molecule has 100 valence electrons. The van der Waals surface area contributed by atoms with Crippen LogP contribution in [0, 0.1) is 0 Å². The second-order valence-corrected chi connectivity index (χ2v) is 5.70. The molecule has 3 rings (SSSR count). The first-order chi connectivity index (χ1) is 8.66. The predicted octanol–water partition coefficient (Wildman–Crippen LogP) is 0.689. The van der Waals surface area contributed by atoms with Gasteiger partial charge in [0.05, 0.1) is 6.42 Å². The monoisotopic (exact) mass is 252 g/mol. The molecular formula is C13H20N2O3. The molecule has 0 saturated carbocycles. The average molecular weight is 252 g/mol. The van der Waals surface area contributed by atoms with Crippen molar-refractivity contribution >= 4 is 11.9 Å². The van der Waals surface area contributed by atoms with Crippen molar-refractivity contribution in [2.24, 2.45) is 0 Å². The van der Waals surface area contributed by atoms with Crippen molar-refractivity contribution in [3.05, 3.63) is 0 Å². The van der Waals surface area contributed by atoms with E-state index in [9.17, 15) is 9.59 Å². The molecule has 18 heavy (non-hydrogen) atoms. The van der Waals surface area contributed by atoms with Gasteiger partial charge in [0.15, 0.2) is 0 Å². The molecule has 0 aromatic carbocycles. The number of nitrogens with zero attached hydrogens (tertiary/aromatic N) is 2. The first-order valence-corrected chi connectivity index (χ1v) is 6.94. The molecule has 0 aliphatic carbocycles. The van der Waals surface area contributed by atoms with Gasteiger partial charge >= 0.3 is 5.97 Å². The molecule has 3 atom stereocenters. The molecule has 0 bridgehead atoms. The van der Waals surface area contributed by atoms with Gasteiger partial charge in [-0.05, 0) is 32.2 Å². The summed E-state index contributed by atoms with van der Waals surface area (Å²) >= 11 is 0. The molecule has 1 amide bonds. The first kappa shape index (κ1) is 12.0. The van der Waals surface area contributed by atoms with Crippen LogP contribution >= 0.6 is 0 Å². The molecule has 3 heterocycles. The van der Waals surface area contributed by atoms with Crippen LogP contribution < -0.4 is 0 Å². The standard InChI is InChI=1S/C13H20N2O3/c16-12-8-11(10-4-2-6-15(10)12)14-5-1-3-9(14)7-13(17)18/h9-11H,1-8H2,(H,17,18). The number of carboxylic acids is 1. The van der Waals surface area contributed by atoms with Gasteiger partial charge in [-0.1, -0.05) is 0 Å². The maximum atomic E-state index is 11.9. The number of amides is 1. The Bertz CT molecular complexity index is 371. The fourth-order valence-corrected chi connectivity index (χ4v) is 3.99. The Hall–Kier alpha value is -1.10. The van der Waals surface area contributed by atoms with Crippen LogP contribution in [0.2, 0.25) is 0 Å². The molecule has 0 radical (unpaired) electrons. The zero-order chi connectivity index (χ0) is 12.7. The summed E-state index contributed by atoms with van der Waals surface area (Å²) in [6, 6.07) is 0.764. The van der Waals surface area contributed by atoms with E-state index in [0.717, 1.165) is 38.8 Å². The number of rotatable bonds is 3. The number of hydrogen-bond acceptors (Lipinski definition) is 3. The lowest BCUT2D eigenvalue weighted by Crippen LogP contribution is -2.45. The predicted molar refractivity (Wildman–Crippen MR) is 65.1 cm³/mol. The van der Waals surface area contributed by atoms with Gasteiger partial charge in [-0.15, -0.1) is 0 Å². The van der Waals surface area contributed by atoms with Gasteiger partial charge in [0.2, 0.25) is 5.91 Å². The van der Waals surface area contributed by atoms with E-state index in [1.54, 1.807) is 0 Å².